The second-order valence-corrected chi connectivity index (χ2v) is 4.42. The molecule has 0 spiro atoms. The fourth-order valence-electron chi connectivity index (χ4n) is 1.25. The molecule has 0 unspecified atom stereocenters. The van der Waals surface area contributed by atoms with Gasteiger partial charge in [0.05, 0.1) is 12.2 Å². The summed E-state index contributed by atoms with van der Waals surface area (Å²) in [7, 11) is 0. The van der Waals surface area contributed by atoms with Gasteiger partial charge in [-0.3, -0.25) is 9.78 Å². The Labute approximate surface area is 108 Å². The maximum atomic E-state index is 11.0. The number of carbonyl (C=O) groups is 1. The van der Waals surface area contributed by atoms with Crippen LogP contribution in [0.4, 0.5) is 0 Å². The molecule has 0 saturated heterocycles. The van der Waals surface area contributed by atoms with Crippen LogP contribution in [0.25, 0.3) is 10.6 Å². The van der Waals surface area contributed by atoms with Crippen LogP contribution >= 0.6 is 22.9 Å². The number of nitrogens with one attached hydrogen (secondary N) is 1. The molecule has 0 aliphatic rings. The molecule has 1 N–H and O–H groups in total. The van der Waals surface area contributed by atoms with E-state index in [9.17, 15) is 4.79 Å². The second kappa shape index (κ2) is 5.75. The molecule has 0 aromatic carbocycles. The van der Waals surface area contributed by atoms with Gasteiger partial charge in [-0.2, -0.15) is 0 Å². The van der Waals surface area contributed by atoms with Gasteiger partial charge in [-0.05, 0) is 12.1 Å². The van der Waals surface area contributed by atoms with Crippen molar-refractivity contribution >= 4 is 28.8 Å². The maximum absolute atomic E-state index is 11.0. The van der Waals surface area contributed by atoms with Gasteiger partial charge in [0.15, 0.2) is 0 Å². The maximum Gasteiger partial charge on any atom is 0.235 e. The molecule has 0 saturated carbocycles. The average Bonchev–Trinajstić information content (AvgIpc) is 2.86. The van der Waals surface area contributed by atoms with Gasteiger partial charge in [0, 0.05) is 23.3 Å². The van der Waals surface area contributed by atoms with Gasteiger partial charge >= 0.3 is 0 Å². The lowest BCUT2D eigenvalue weighted by Crippen LogP contribution is -2.23. The quantitative estimate of drug-likeness (QED) is 0.863. The smallest absolute Gasteiger partial charge is 0.235 e. The summed E-state index contributed by atoms with van der Waals surface area (Å²) in [6.07, 6.45) is 3.48. The predicted octanol–water partition coefficient (Wildman–Crippen LogP) is 2.06. The van der Waals surface area contributed by atoms with Crippen LogP contribution in [0.5, 0.6) is 0 Å². The fraction of sp³-hybridized carbons (Fsp3) is 0.182. The number of rotatable bonds is 4. The number of pyridine rings is 1. The molecule has 4 nitrogen and oxygen atoms in total. The van der Waals surface area contributed by atoms with Gasteiger partial charge in [0.1, 0.15) is 10.9 Å². The van der Waals surface area contributed by atoms with Crippen molar-refractivity contribution < 1.29 is 4.79 Å². The third-order valence-corrected chi connectivity index (χ3v) is 3.23. The van der Waals surface area contributed by atoms with E-state index in [-0.39, 0.29) is 11.8 Å². The minimum atomic E-state index is -0.192. The zero-order valence-corrected chi connectivity index (χ0v) is 10.5. The number of amides is 1. The first kappa shape index (κ1) is 12.0. The summed E-state index contributed by atoms with van der Waals surface area (Å²) in [6, 6.07) is 3.82. The largest absolute Gasteiger partial charge is 0.349 e. The number of carbonyl (C=O) groups excluding carboxylic acids is 1. The Morgan fingerprint density at radius 2 is 2.41 bits per heavy atom. The first-order valence-electron chi connectivity index (χ1n) is 4.97. The summed E-state index contributed by atoms with van der Waals surface area (Å²) in [5, 5.41) is 5.48. The molecule has 2 aromatic heterocycles. The van der Waals surface area contributed by atoms with Crippen LogP contribution in [-0.4, -0.2) is 21.8 Å². The average molecular weight is 268 g/mol. The highest BCUT2D eigenvalue weighted by atomic mass is 35.5. The highest BCUT2D eigenvalue weighted by Gasteiger charge is 2.05. The number of hydrogen-bond acceptors (Lipinski definition) is 4. The Balaban J connectivity index is 2.04. The molecule has 2 heterocycles. The van der Waals surface area contributed by atoms with Gasteiger partial charge in [-0.1, -0.05) is 0 Å². The van der Waals surface area contributed by atoms with E-state index in [0.29, 0.717) is 6.54 Å². The van der Waals surface area contributed by atoms with E-state index >= 15 is 0 Å². The summed E-state index contributed by atoms with van der Waals surface area (Å²) >= 11 is 6.91. The number of halogens is 1. The molecule has 0 fully saturated rings. The van der Waals surface area contributed by atoms with Gasteiger partial charge < -0.3 is 5.32 Å². The van der Waals surface area contributed by atoms with Crippen LogP contribution in [-0.2, 0) is 11.3 Å². The lowest BCUT2D eigenvalue weighted by atomic mass is 10.3. The van der Waals surface area contributed by atoms with Gasteiger partial charge in [0.25, 0.3) is 0 Å². The SMILES string of the molecule is O=C(CCl)NCc1csc(-c2cccnc2)n1. The molecule has 17 heavy (non-hydrogen) atoms. The molecule has 6 heteroatoms. The molecule has 0 atom stereocenters. The summed E-state index contributed by atoms with van der Waals surface area (Å²) in [5.41, 5.74) is 1.81. The van der Waals surface area contributed by atoms with Gasteiger partial charge in [-0.15, -0.1) is 22.9 Å². The monoisotopic (exact) mass is 267 g/mol. The van der Waals surface area contributed by atoms with Crippen LogP contribution < -0.4 is 5.32 Å². The zero-order chi connectivity index (χ0) is 12.1. The summed E-state index contributed by atoms with van der Waals surface area (Å²) in [6.45, 7) is 0.405. The molecule has 88 valence electrons. The number of alkyl halides is 1. The first-order valence-corrected chi connectivity index (χ1v) is 6.38. The van der Waals surface area contributed by atoms with Crippen molar-refractivity contribution in [3.63, 3.8) is 0 Å². The highest BCUT2D eigenvalue weighted by Crippen LogP contribution is 2.22. The van der Waals surface area contributed by atoms with E-state index in [4.69, 9.17) is 11.6 Å². The number of aromatic nitrogens is 2. The molecule has 0 aliphatic carbocycles. The van der Waals surface area contributed by atoms with Crippen molar-refractivity contribution in [2.75, 3.05) is 5.88 Å². The minimum absolute atomic E-state index is 0.0282. The molecule has 0 bridgehead atoms. The normalized spacial score (nSPS) is 10.2. The third kappa shape index (κ3) is 3.25. The lowest BCUT2D eigenvalue weighted by Gasteiger charge is -1.98. The Bertz CT molecular complexity index is 500. The molecular formula is C11H10ClN3OS. The molecule has 2 rings (SSSR count). The van der Waals surface area contributed by atoms with Crippen molar-refractivity contribution in [2.24, 2.45) is 0 Å². The van der Waals surface area contributed by atoms with Crippen molar-refractivity contribution in [3.8, 4) is 10.6 Å². The predicted molar refractivity (Wildman–Crippen MR) is 67.9 cm³/mol. The van der Waals surface area contributed by atoms with E-state index in [2.05, 4.69) is 15.3 Å². The Morgan fingerprint density at radius 1 is 1.53 bits per heavy atom. The van der Waals surface area contributed by atoms with E-state index in [1.165, 1.54) is 11.3 Å². The van der Waals surface area contributed by atoms with Crippen molar-refractivity contribution in [1.82, 2.24) is 15.3 Å². The third-order valence-electron chi connectivity index (χ3n) is 2.05. The van der Waals surface area contributed by atoms with Crippen LogP contribution in [0.15, 0.2) is 29.9 Å². The van der Waals surface area contributed by atoms with E-state index in [1.807, 2.05) is 17.5 Å². The summed E-state index contributed by atoms with van der Waals surface area (Å²) in [4.78, 5) is 19.4. The Kier molecular flexibility index (Phi) is 4.06. The van der Waals surface area contributed by atoms with Crippen molar-refractivity contribution in [2.45, 2.75) is 6.54 Å². The van der Waals surface area contributed by atoms with Crippen LogP contribution in [0.3, 0.4) is 0 Å². The van der Waals surface area contributed by atoms with Crippen molar-refractivity contribution in [1.29, 1.82) is 0 Å². The molecule has 0 aliphatic heterocycles. The van der Waals surface area contributed by atoms with Crippen molar-refractivity contribution in [3.05, 3.63) is 35.6 Å². The van der Waals surface area contributed by atoms with E-state index in [0.717, 1.165) is 16.3 Å². The highest BCUT2D eigenvalue weighted by molar-refractivity contribution is 7.13. The lowest BCUT2D eigenvalue weighted by molar-refractivity contribution is -0.118. The van der Waals surface area contributed by atoms with Crippen LogP contribution in [0.2, 0.25) is 0 Å². The van der Waals surface area contributed by atoms with E-state index in [1.54, 1.807) is 12.4 Å². The number of hydrogen-bond donors (Lipinski definition) is 1. The number of nitrogens with zero attached hydrogens (tertiary/aromatic N) is 2. The Hall–Kier alpha value is -1.46. The standard InChI is InChI=1S/C11H10ClN3OS/c12-4-10(16)14-6-9-7-17-11(15-9)8-2-1-3-13-5-8/h1-3,5,7H,4,6H2,(H,14,16). The summed E-state index contributed by atoms with van der Waals surface area (Å²) in [5.74, 6) is -0.220. The van der Waals surface area contributed by atoms with Crippen LogP contribution in [0.1, 0.15) is 5.69 Å². The van der Waals surface area contributed by atoms with Gasteiger partial charge in [-0.25, -0.2) is 4.98 Å². The number of thiazole rings is 1. The van der Waals surface area contributed by atoms with Gasteiger partial charge in [0.2, 0.25) is 5.91 Å². The zero-order valence-electron chi connectivity index (χ0n) is 8.89. The minimum Gasteiger partial charge on any atom is -0.349 e. The molecule has 0 radical (unpaired) electrons. The topological polar surface area (TPSA) is 54.9 Å². The second-order valence-electron chi connectivity index (χ2n) is 3.30. The first-order chi connectivity index (χ1) is 8.29. The molecule has 2 aromatic rings. The summed E-state index contributed by atoms with van der Waals surface area (Å²) < 4.78 is 0. The van der Waals surface area contributed by atoms with Crippen LogP contribution in [0, 0.1) is 0 Å². The molecule has 1 amide bonds. The fourth-order valence-corrected chi connectivity index (χ4v) is 2.15. The molecular weight excluding hydrogens is 258 g/mol. The Morgan fingerprint density at radius 3 is 3.12 bits per heavy atom. The van der Waals surface area contributed by atoms with E-state index < -0.39 is 0 Å².